The quantitative estimate of drug-likeness (QED) is 0.805. The van der Waals surface area contributed by atoms with E-state index in [2.05, 4.69) is 22.3 Å². The number of thiazole rings is 1. The summed E-state index contributed by atoms with van der Waals surface area (Å²) in [4.78, 5) is 10.1. The van der Waals surface area contributed by atoms with Gasteiger partial charge in [0.2, 0.25) is 0 Å². The lowest BCUT2D eigenvalue weighted by atomic mass is 10.1. The van der Waals surface area contributed by atoms with Crippen LogP contribution in [0.5, 0.6) is 0 Å². The summed E-state index contributed by atoms with van der Waals surface area (Å²) in [6.07, 6.45) is 7.44. The van der Waals surface area contributed by atoms with Crippen LogP contribution >= 0.6 is 11.3 Å². The SMILES string of the molecule is CNC(C)c1sc(-c2ccncc2)nc1-c1cnn(C)c1. The van der Waals surface area contributed by atoms with Crippen molar-refractivity contribution in [3.05, 3.63) is 41.8 Å². The van der Waals surface area contributed by atoms with E-state index >= 15 is 0 Å². The molecular weight excluding hydrogens is 282 g/mol. The number of nitrogens with zero attached hydrogens (tertiary/aromatic N) is 4. The molecule has 0 saturated carbocycles. The van der Waals surface area contributed by atoms with E-state index < -0.39 is 0 Å². The van der Waals surface area contributed by atoms with Gasteiger partial charge in [-0.05, 0) is 26.1 Å². The van der Waals surface area contributed by atoms with Crippen LogP contribution < -0.4 is 5.32 Å². The van der Waals surface area contributed by atoms with Crippen LogP contribution in [-0.2, 0) is 7.05 Å². The van der Waals surface area contributed by atoms with Gasteiger partial charge in [-0.3, -0.25) is 9.67 Å². The fraction of sp³-hybridized carbons (Fsp3) is 0.267. The summed E-state index contributed by atoms with van der Waals surface area (Å²) < 4.78 is 1.80. The zero-order chi connectivity index (χ0) is 14.8. The van der Waals surface area contributed by atoms with E-state index in [9.17, 15) is 0 Å². The first-order valence-corrected chi connectivity index (χ1v) is 7.58. The van der Waals surface area contributed by atoms with Gasteiger partial charge in [-0.25, -0.2) is 4.98 Å². The van der Waals surface area contributed by atoms with Gasteiger partial charge in [-0.1, -0.05) is 0 Å². The van der Waals surface area contributed by atoms with Crippen LogP contribution in [0, 0.1) is 0 Å². The molecule has 0 radical (unpaired) electrons. The summed E-state index contributed by atoms with van der Waals surface area (Å²) in [5.74, 6) is 0. The van der Waals surface area contributed by atoms with Crippen LogP contribution in [0.2, 0.25) is 0 Å². The van der Waals surface area contributed by atoms with Crippen molar-refractivity contribution in [2.75, 3.05) is 7.05 Å². The zero-order valence-electron chi connectivity index (χ0n) is 12.2. The first kappa shape index (κ1) is 13.9. The highest BCUT2D eigenvalue weighted by Crippen LogP contribution is 2.36. The van der Waals surface area contributed by atoms with E-state index in [-0.39, 0.29) is 6.04 Å². The van der Waals surface area contributed by atoms with Crippen LogP contribution in [0.3, 0.4) is 0 Å². The molecular formula is C15H17N5S. The molecule has 21 heavy (non-hydrogen) atoms. The molecule has 3 aromatic rings. The molecule has 1 atom stereocenters. The Bertz CT molecular complexity index is 732. The third kappa shape index (κ3) is 2.72. The maximum Gasteiger partial charge on any atom is 0.124 e. The highest BCUT2D eigenvalue weighted by molar-refractivity contribution is 7.15. The van der Waals surface area contributed by atoms with E-state index in [0.717, 1.165) is 21.8 Å². The second-order valence-corrected chi connectivity index (χ2v) is 5.91. The van der Waals surface area contributed by atoms with Gasteiger partial charge in [-0.15, -0.1) is 11.3 Å². The summed E-state index contributed by atoms with van der Waals surface area (Å²) in [7, 11) is 3.88. The molecule has 0 aliphatic carbocycles. The van der Waals surface area contributed by atoms with Crippen LogP contribution in [0.15, 0.2) is 36.9 Å². The molecule has 5 nitrogen and oxygen atoms in total. The molecule has 0 spiro atoms. The summed E-state index contributed by atoms with van der Waals surface area (Å²) in [5, 5.41) is 8.55. The molecule has 6 heteroatoms. The Morgan fingerprint density at radius 3 is 2.62 bits per heavy atom. The van der Waals surface area contributed by atoms with Gasteiger partial charge in [0.25, 0.3) is 0 Å². The van der Waals surface area contributed by atoms with Gasteiger partial charge in [0.15, 0.2) is 0 Å². The maximum atomic E-state index is 4.83. The van der Waals surface area contributed by atoms with Crippen molar-refractivity contribution < 1.29 is 0 Å². The van der Waals surface area contributed by atoms with Crippen LogP contribution in [0.25, 0.3) is 21.8 Å². The van der Waals surface area contributed by atoms with Gasteiger partial charge in [-0.2, -0.15) is 5.10 Å². The van der Waals surface area contributed by atoms with Crippen molar-refractivity contribution in [1.82, 2.24) is 25.1 Å². The number of rotatable bonds is 4. The van der Waals surface area contributed by atoms with E-state index in [4.69, 9.17) is 4.98 Å². The number of hydrogen-bond donors (Lipinski definition) is 1. The summed E-state index contributed by atoms with van der Waals surface area (Å²) in [5.41, 5.74) is 3.14. The normalized spacial score (nSPS) is 12.5. The fourth-order valence-electron chi connectivity index (χ4n) is 2.12. The van der Waals surface area contributed by atoms with Crippen molar-refractivity contribution in [1.29, 1.82) is 0 Å². The van der Waals surface area contributed by atoms with E-state index in [0.29, 0.717) is 0 Å². The number of nitrogens with one attached hydrogen (secondary N) is 1. The lowest BCUT2D eigenvalue weighted by molar-refractivity contribution is 0.664. The van der Waals surface area contributed by atoms with Crippen molar-refractivity contribution in [2.24, 2.45) is 7.05 Å². The van der Waals surface area contributed by atoms with E-state index in [1.54, 1.807) is 28.4 Å². The molecule has 0 aromatic carbocycles. The summed E-state index contributed by atoms with van der Waals surface area (Å²) in [6, 6.07) is 4.22. The molecule has 3 heterocycles. The predicted molar refractivity (Wildman–Crippen MR) is 85.0 cm³/mol. The van der Waals surface area contributed by atoms with Crippen molar-refractivity contribution in [3.8, 4) is 21.8 Å². The molecule has 0 saturated heterocycles. The van der Waals surface area contributed by atoms with Crippen LogP contribution in [0.1, 0.15) is 17.8 Å². The average molecular weight is 299 g/mol. The van der Waals surface area contributed by atoms with Crippen LogP contribution in [-0.4, -0.2) is 26.8 Å². The molecule has 0 amide bonds. The number of aromatic nitrogens is 4. The highest BCUT2D eigenvalue weighted by Gasteiger charge is 2.19. The molecule has 0 aliphatic heterocycles. The molecule has 3 aromatic heterocycles. The first-order chi connectivity index (χ1) is 10.2. The van der Waals surface area contributed by atoms with Gasteiger partial charge in [0.05, 0.1) is 11.9 Å². The lowest BCUT2D eigenvalue weighted by Crippen LogP contribution is -2.11. The maximum absolute atomic E-state index is 4.83. The van der Waals surface area contributed by atoms with Crippen molar-refractivity contribution in [2.45, 2.75) is 13.0 Å². The Balaban J connectivity index is 2.11. The Morgan fingerprint density at radius 1 is 1.24 bits per heavy atom. The summed E-state index contributed by atoms with van der Waals surface area (Å²) in [6.45, 7) is 2.14. The lowest BCUT2D eigenvalue weighted by Gasteiger charge is -2.08. The molecule has 108 valence electrons. The molecule has 0 aliphatic rings. The average Bonchev–Trinajstić information content (AvgIpc) is 3.13. The Labute approximate surface area is 127 Å². The molecule has 1 unspecified atom stereocenters. The number of aryl methyl sites for hydroxylation is 1. The molecule has 3 rings (SSSR count). The summed E-state index contributed by atoms with van der Waals surface area (Å²) >= 11 is 1.71. The van der Waals surface area contributed by atoms with Crippen molar-refractivity contribution in [3.63, 3.8) is 0 Å². The van der Waals surface area contributed by atoms with E-state index in [1.807, 2.05) is 38.6 Å². The fourth-order valence-corrected chi connectivity index (χ4v) is 3.28. The Kier molecular flexibility index (Phi) is 3.81. The standard InChI is InChI=1S/C15H17N5S/c1-10(16-2)14-13(12-8-18-20(3)9-12)19-15(21-14)11-4-6-17-7-5-11/h4-10,16H,1-3H3. The monoisotopic (exact) mass is 299 g/mol. The molecule has 1 N–H and O–H groups in total. The Morgan fingerprint density at radius 2 is 2.00 bits per heavy atom. The minimum Gasteiger partial charge on any atom is -0.312 e. The minimum absolute atomic E-state index is 0.244. The third-order valence-electron chi connectivity index (χ3n) is 3.39. The molecule has 0 bridgehead atoms. The number of hydrogen-bond acceptors (Lipinski definition) is 5. The van der Waals surface area contributed by atoms with Crippen molar-refractivity contribution >= 4 is 11.3 Å². The van der Waals surface area contributed by atoms with Gasteiger partial charge in [0, 0.05) is 47.7 Å². The smallest absolute Gasteiger partial charge is 0.124 e. The van der Waals surface area contributed by atoms with Crippen LogP contribution in [0.4, 0.5) is 0 Å². The van der Waals surface area contributed by atoms with Gasteiger partial charge >= 0.3 is 0 Å². The second kappa shape index (κ2) is 5.75. The minimum atomic E-state index is 0.244. The second-order valence-electron chi connectivity index (χ2n) is 4.88. The Hall–Kier alpha value is -2.05. The topological polar surface area (TPSA) is 55.6 Å². The van der Waals surface area contributed by atoms with Gasteiger partial charge in [0.1, 0.15) is 5.01 Å². The first-order valence-electron chi connectivity index (χ1n) is 6.76. The third-order valence-corrected chi connectivity index (χ3v) is 4.67. The highest BCUT2D eigenvalue weighted by atomic mass is 32.1. The predicted octanol–water partition coefficient (Wildman–Crippen LogP) is 2.89. The zero-order valence-corrected chi connectivity index (χ0v) is 13.1. The number of pyridine rings is 1. The largest absolute Gasteiger partial charge is 0.312 e. The molecule has 0 fully saturated rings. The van der Waals surface area contributed by atoms with Gasteiger partial charge < -0.3 is 5.32 Å². The van der Waals surface area contributed by atoms with E-state index in [1.165, 1.54) is 4.88 Å².